The predicted octanol–water partition coefficient (Wildman–Crippen LogP) is 6.47. The van der Waals surface area contributed by atoms with E-state index in [0.29, 0.717) is 43.4 Å². The van der Waals surface area contributed by atoms with E-state index in [0.717, 1.165) is 36.8 Å². The average Bonchev–Trinajstić information content (AvgIpc) is 3.27. The monoisotopic (exact) mass is 644 g/mol. The fourth-order valence-electron chi connectivity index (χ4n) is 9.26. The van der Waals surface area contributed by atoms with Crippen LogP contribution in [0.3, 0.4) is 0 Å². The van der Waals surface area contributed by atoms with Crippen LogP contribution in [0.15, 0.2) is 48.1 Å². The second kappa shape index (κ2) is 13.4. The van der Waals surface area contributed by atoms with Gasteiger partial charge in [0.15, 0.2) is 12.4 Å². The first-order valence-electron chi connectivity index (χ1n) is 16.2. The van der Waals surface area contributed by atoms with Gasteiger partial charge in [0.05, 0.1) is 6.10 Å². The highest BCUT2D eigenvalue weighted by atomic mass is 35.5. The molecule has 0 amide bonds. The zero-order chi connectivity index (χ0) is 31.7. The number of rotatable bonds is 12. The van der Waals surface area contributed by atoms with Gasteiger partial charge >= 0.3 is 5.97 Å². The third-order valence-electron chi connectivity index (χ3n) is 11.7. The minimum absolute atomic E-state index is 0.00881. The van der Waals surface area contributed by atoms with Crippen molar-refractivity contribution in [3.63, 3.8) is 0 Å². The molecule has 7 atom stereocenters. The molecule has 0 radical (unpaired) electrons. The van der Waals surface area contributed by atoms with Crippen molar-refractivity contribution in [3.05, 3.63) is 59.2 Å². The summed E-state index contributed by atoms with van der Waals surface area (Å²) in [6.45, 7) is 3.57. The number of fused-ring (bicyclic) bond motifs is 5. The molecular formula is C36H46Cl2O6. The number of aryl methyl sites for hydroxylation is 1. The molecule has 3 saturated carbocycles. The normalized spacial score (nSPS) is 34.2. The van der Waals surface area contributed by atoms with Crippen molar-refractivity contribution in [2.45, 2.75) is 95.7 Å². The van der Waals surface area contributed by atoms with E-state index in [2.05, 4.69) is 31.2 Å². The summed E-state index contributed by atoms with van der Waals surface area (Å²) in [6, 6.07) is 8.35. The Morgan fingerprint density at radius 1 is 1.09 bits per heavy atom. The fraction of sp³-hybridized carbons (Fsp3) is 0.639. The number of carbonyl (C=O) groups is 3. The lowest BCUT2D eigenvalue weighted by Gasteiger charge is -2.59. The molecule has 6 nitrogen and oxygen atoms in total. The van der Waals surface area contributed by atoms with Gasteiger partial charge in [-0.25, -0.2) is 0 Å². The van der Waals surface area contributed by atoms with E-state index >= 15 is 0 Å². The molecule has 1 aromatic rings. The van der Waals surface area contributed by atoms with E-state index in [-0.39, 0.29) is 36.4 Å². The molecular weight excluding hydrogens is 599 g/mol. The maximum Gasteiger partial charge on any atom is 0.306 e. The Morgan fingerprint density at radius 3 is 2.48 bits per heavy atom. The molecule has 2 N–H and O–H groups in total. The van der Waals surface area contributed by atoms with Crippen LogP contribution in [0.5, 0.6) is 0 Å². The Balaban J connectivity index is 1.15. The molecule has 0 heterocycles. The number of allylic oxidation sites excluding steroid dienone is 4. The van der Waals surface area contributed by atoms with Gasteiger partial charge in [0.1, 0.15) is 5.60 Å². The van der Waals surface area contributed by atoms with Crippen LogP contribution in [0.25, 0.3) is 0 Å². The topological polar surface area (TPSA) is 101 Å². The Kier molecular flexibility index (Phi) is 10.2. The van der Waals surface area contributed by atoms with Crippen LogP contribution in [0.1, 0.15) is 88.7 Å². The molecule has 0 aliphatic heterocycles. The van der Waals surface area contributed by atoms with Gasteiger partial charge in [-0.2, -0.15) is 0 Å². The Labute approximate surface area is 271 Å². The zero-order valence-electron chi connectivity index (χ0n) is 25.9. The van der Waals surface area contributed by atoms with Gasteiger partial charge in [-0.15, -0.1) is 23.2 Å². The van der Waals surface area contributed by atoms with Crippen molar-refractivity contribution in [2.75, 3.05) is 18.4 Å². The molecule has 8 heteroatoms. The van der Waals surface area contributed by atoms with Crippen LogP contribution in [0.2, 0.25) is 0 Å². The Hall–Kier alpha value is -1.99. The summed E-state index contributed by atoms with van der Waals surface area (Å²) in [5.41, 5.74) is 0.525. The van der Waals surface area contributed by atoms with E-state index < -0.39 is 40.9 Å². The molecule has 0 saturated heterocycles. The molecule has 4 aliphatic rings. The van der Waals surface area contributed by atoms with Gasteiger partial charge in [0.25, 0.3) is 0 Å². The van der Waals surface area contributed by atoms with E-state index in [9.17, 15) is 24.6 Å². The molecule has 0 aromatic heterocycles. The number of ether oxygens (including phenoxy) is 1. The maximum atomic E-state index is 13.5. The predicted molar refractivity (Wildman–Crippen MR) is 172 cm³/mol. The number of aliphatic hydroxyl groups is 2. The summed E-state index contributed by atoms with van der Waals surface area (Å²) in [7, 11) is 0. The van der Waals surface area contributed by atoms with Gasteiger partial charge in [-0.3, -0.25) is 14.4 Å². The SMILES string of the molecule is CC12C=CC(=O)C=C1CCC1[C@H]3CC[C@@](O)(C(=O)COC(=O)CCCc4ccc(C(CCCl)CCCl)cc4)C3(C)C[C@@H](O)[C@H]12. The first kappa shape index (κ1) is 33.4. The lowest BCUT2D eigenvalue weighted by atomic mass is 9.46. The Morgan fingerprint density at radius 2 is 1.80 bits per heavy atom. The van der Waals surface area contributed by atoms with Crippen molar-refractivity contribution >= 4 is 40.7 Å². The highest BCUT2D eigenvalue weighted by molar-refractivity contribution is 6.18. The van der Waals surface area contributed by atoms with E-state index in [1.165, 1.54) is 5.56 Å². The highest BCUT2D eigenvalue weighted by Crippen LogP contribution is 2.67. The number of halogens is 2. The zero-order valence-corrected chi connectivity index (χ0v) is 27.4. The van der Waals surface area contributed by atoms with Crippen LogP contribution < -0.4 is 0 Å². The molecule has 240 valence electrons. The molecule has 0 spiro atoms. The number of aliphatic hydroxyl groups excluding tert-OH is 1. The third-order valence-corrected chi connectivity index (χ3v) is 12.1. The number of alkyl halides is 2. The van der Waals surface area contributed by atoms with Crippen molar-refractivity contribution in [1.82, 2.24) is 0 Å². The first-order chi connectivity index (χ1) is 21.0. The highest BCUT2D eigenvalue weighted by Gasteiger charge is 2.68. The molecule has 44 heavy (non-hydrogen) atoms. The van der Waals surface area contributed by atoms with Gasteiger partial charge in [0, 0.05) is 34.9 Å². The number of ketones is 2. The molecule has 1 aromatic carbocycles. The van der Waals surface area contributed by atoms with Crippen LogP contribution >= 0.6 is 23.2 Å². The summed E-state index contributed by atoms with van der Waals surface area (Å²) in [5.74, 6) is 0.678. The summed E-state index contributed by atoms with van der Waals surface area (Å²) < 4.78 is 5.39. The molecule has 3 fully saturated rings. The summed E-state index contributed by atoms with van der Waals surface area (Å²) >= 11 is 11.9. The van der Waals surface area contributed by atoms with Gasteiger partial charge < -0.3 is 14.9 Å². The summed E-state index contributed by atoms with van der Waals surface area (Å²) in [4.78, 5) is 38.2. The van der Waals surface area contributed by atoms with Crippen molar-refractivity contribution < 1.29 is 29.3 Å². The largest absolute Gasteiger partial charge is 0.458 e. The minimum Gasteiger partial charge on any atom is -0.458 e. The lowest BCUT2D eigenvalue weighted by Crippen LogP contribution is -2.61. The number of benzene rings is 1. The van der Waals surface area contributed by atoms with Crippen LogP contribution in [0.4, 0.5) is 0 Å². The van der Waals surface area contributed by atoms with E-state index in [1.807, 2.05) is 13.0 Å². The van der Waals surface area contributed by atoms with E-state index in [1.54, 1.807) is 12.2 Å². The van der Waals surface area contributed by atoms with Gasteiger partial charge in [-0.1, -0.05) is 49.8 Å². The second-order valence-electron chi connectivity index (χ2n) is 13.9. The number of esters is 1. The van der Waals surface area contributed by atoms with Crippen LogP contribution in [-0.4, -0.2) is 57.8 Å². The maximum absolute atomic E-state index is 13.5. The molecule has 0 bridgehead atoms. The van der Waals surface area contributed by atoms with Crippen molar-refractivity contribution in [3.8, 4) is 0 Å². The fourth-order valence-corrected chi connectivity index (χ4v) is 9.79. The Bertz CT molecular complexity index is 1300. The average molecular weight is 646 g/mol. The summed E-state index contributed by atoms with van der Waals surface area (Å²) in [6.07, 6.45) is 10.6. The number of hydrogen-bond acceptors (Lipinski definition) is 6. The molecule has 5 rings (SSSR count). The number of Topliss-reactive ketones (excluding diaryl/α,β-unsaturated/α-hetero) is 1. The van der Waals surface area contributed by atoms with Crippen molar-refractivity contribution in [2.24, 2.45) is 28.6 Å². The number of hydrogen-bond donors (Lipinski definition) is 2. The lowest BCUT2D eigenvalue weighted by molar-refractivity contribution is -0.181. The summed E-state index contributed by atoms with van der Waals surface area (Å²) in [5, 5.41) is 23.4. The van der Waals surface area contributed by atoms with E-state index in [4.69, 9.17) is 27.9 Å². The minimum atomic E-state index is -1.66. The molecule has 4 aliphatic carbocycles. The second-order valence-corrected chi connectivity index (χ2v) is 14.7. The quantitative estimate of drug-likeness (QED) is 0.200. The van der Waals surface area contributed by atoms with Crippen LogP contribution in [0, 0.1) is 28.6 Å². The first-order valence-corrected chi connectivity index (χ1v) is 17.3. The smallest absolute Gasteiger partial charge is 0.306 e. The van der Waals surface area contributed by atoms with Crippen LogP contribution in [-0.2, 0) is 25.5 Å². The van der Waals surface area contributed by atoms with Gasteiger partial charge in [-0.05, 0) is 98.8 Å². The number of carbonyl (C=O) groups excluding carboxylic acids is 3. The molecule has 3 unspecified atom stereocenters. The standard InChI is InChI=1S/C36H46Cl2O6/c1-34-16-12-27(39)20-26(34)10-11-28-29-13-17-36(43,35(29,2)21-30(40)33(28)34)31(41)22-44-32(42)5-3-4-23-6-8-24(9-7-23)25(14-18-37)15-19-38/h6-9,12,16,20,25,28-30,33,40,43H,3-5,10-11,13-15,17-19,21-22H2,1-2H3/t28?,29-,30-,33+,34?,35?,36-/m1/s1. The van der Waals surface area contributed by atoms with Crippen molar-refractivity contribution in [1.29, 1.82) is 0 Å². The third kappa shape index (κ3) is 6.09. The van der Waals surface area contributed by atoms with Gasteiger partial charge in [0.2, 0.25) is 5.78 Å².